The van der Waals surface area contributed by atoms with Crippen LogP contribution in [0.4, 0.5) is 16.3 Å². The Bertz CT molecular complexity index is 1010. The summed E-state index contributed by atoms with van der Waals surface area (Å²) in [5, 5.41) is 6.76. The number of benzene rings is 1. The van der Waals surface area contributed by atoms with Gasteiger partial charge in [0, 0.05) is 54.9 Å². The van der Waals surface area contributed by atoms with Gasteiger partial charge in [-0.25, -0.2) is 9.78 Å². The topological polar surface area (TPSA) is 144 Å². The first-order chi connectivity index (χ1) is 14.7. The van der Waals surface area contributed by atoms with Crippen LogP contribution in [0.5, 0.6) is 0 Å². The lowest BCUT2D eigenvalue weighted by molar-refractivity contribution is -0.122. The second-order valence-corrected chi connectivity index (χ2v) is 10.5. The van der Waals surface area contributed by atoms with E-state index >= 15 is 0 Å². The van der Waals surface area contributed by atoms with Crippen LogP contribution in [0.1, 0.15) is 0 Å². The first-order valence-electron chi connectivity index (χ1n) is 9.89. The molecule has 6 N–H and O–H groups in total. The first-order valence-corrected chi connectivity index (χ1v) is 12.2. The standard InChI is InChI=1S/C19H25ClN6O4S/c20-12-1-2-13-14(9-12)23-17(21)10-16(13)25-4-6-26(7-5-25)19(28)24-15-11-31(29,30)8-3-22-18(15)27/h1-2,9-10,15,29-30H,3-8,11H2,(H2,21,23)(H,22,27)(H,24,28). The van der Waals surface area contributed by atoms with Crippen LogP contribution >= 0.6 is 22.2 Å². The van der Waals surface area contributed by atoms with Gasteiger partial charge in [-0.05, 0) is 18.2 Å². The zero-order valence-corrected chi connectivity index (χ0v) is 18.3. The van der Waals surface area contributed by atoms with Crippen LogP contribution in [0.3, 0.4) is 0 Å². The fourth-order valence-corrected chi connectivity index (χ4v) is 5.38. The van der Waals surface area contributed by atoms with E-state index in [1.807, 2.05) is 12.1 Å². The summed E-state index contributed by atoms with van der Waals surface area (Å²) >= 11 is 6.08. The molecule has 3 heterocycles. The van der Waals surface area contributed by atoms with E-state index in [-0.39, 0.29) is 18.1 Å². The number of nitrogen functional groups attached to an aromatic ring is 1. The van der Waals surface area contributed by atoms with Crippen LogP contribution in [0, 0.1) is 0 Å². The average Bonchev–Trinajstić information content (AvgIpc) is 2.84. The third kappa shape index (κ3) is 4.90. The zero-order chi connectivity index (χ0) is 22.2. The highest BCUT2D eigenvalue weighted by Gasteiger charge is 2.32. The molecule has 1 aromatic carbocycles. The van der Waals surface area contributed by atoms with E-state index in [0.717, 1.165) is 11.1 Å². The van der Waals surface area contributed by atoms with Crippen molar-refractivity contribution in [3.63, 3.8) is 0 Å². The van der Waals surface area contributed by atoms with Crippen molar-refractivity contribution in [2.45, 2.75) is 6.04 Å². The Kier molecular flexibility index (Phi) is 6.02. The second kappa shape index (κ2) is 8.58. The van der Waals surface area contributed by atoms with Crippen LogP contribution in [0.15, 0.2) is 24.3 Å². The molecule has 1 aromatic heterocycles. The molecule has 2 aliphatic heterocycles. The van der Waals surface area contributed by atoms with E-state index in [0.29, 0.717) is 42.5 Å². The molecule has 2 fully saturated rings. The van der Waals surface area contributed by atoms with Gasteiger partial charge in [0.05, 0.1) is 17.0 Å². The van der Waals surface area contributed by atoms with Gasteiger partial charge in [0.1, 0.15) is 11.9 Å². The van der Waals surface area contributed by atoms with Gasteiger partial charge in [-0.1, -0.05) is 11.6 Å². The summed E-state index contributed by atoms with van der Waals surface area (Å²) in [5.74, 6) is -0.0851. The largest absolute Gasteiger partial charge is 0.384 e. The minimum atomic E-state index is -2.90. The maximum absolute atomic E-state index is 12.7. The highest BCUT2D eigenvalue weighted by atomic mass is 35.5. The molecule has 1 unspecified atom stereocenters. The number of carbonyl (C=O) groups is 2. The Morgan fingerprint density at radius 3 is 2.74 bits per heavy atom. The van der Waals surface area contributed by atoms with Crippen molar-refractivity contribution >= 4 is 56.5 Å². The van der Waals surface area contributed by atoms with Crippen molar-refractivity contribution in [1.29, 1.82) is 0 Å². The molecule has 0 spiro atoms. The van der Waals surface area contributed by atoms with Crippen molar-refractivity contribution in [2.24, 2.45) is 0 Å². The second-order valence-electron chi connectivity index (χ2n) is 7.67. The number of nitrogens with one attached hydrogen (secondary N) is 2. The Balaban J connectivity index is 1.42. The average molecular weight is 469 g/mol. The fraction of sp³-hybridized carbons (Fsp3) is 0.421. The van der Waals surface area contributed by atoms with Crippen LogP contribution < -0.4 is 21.3 Å². The molecular weight excluding hydrogens is 444 g/mol. The molecule has 12 heteroatoms. The fourth-order valence-electron chi connectivity index (χ4n) is 3.85. The third-order valence-electron chi connectivity index (χ3n) is 5.45. The number of hydrogen-bond donors (Lipinski definition) is 5. The number of carbonyl (C=O) groups excluding carboxylic acids is 2. The van der Waals surface area contributed by atoms with Gasteiger partial charge in [-0.15, -0.1) is 0 Å². The smallest absolute Gasteiger partial charge is 0.318 e. The Labute approximate surface area is 186 Å². The minimum Gasteiger partial charge on any atom is -0.384 e. The summed E-state index contributed by atoms with van der Waals surface area (Å²) in [6, 6.07) is 5.92. The van der Waals surface area contributed by atoms with Crippen molar-refractivity contribution in [2.75, 3.05) is 54.9 Å². The number of nitrogens with two attached hydrogens (primary N) is 1. The Morgan fingerprint density at radius 1 is 1.26 bits per heavy atom. The molecular formula is C19H25ClN6O4S. The number of fused-ring (bicyclic) bond motifs is 1. The highest BCUT2D eigenvalue weighted by Crippen LogP contribution is 2.39. The van der Waals surface area contributed by atoms with Crippen molar-refractivity contribution in [3.8, 4) is 0 Å². The van der Waals surface area contributed by atoms with Crippen LogP contribution in [0.2, 0.25) is 5.02 Å². The van der Waals surface area contributed by atoms with Gasteiger partial charge in [-0.3, -0.25) is 13.9 Å². The number of halogens is 1. The number of pyridine rings is 1. The molecule has 3 amide bonds. The number of aromatic nitrogens is 1. The van der Waals surface area contributed by atoms with E-state index in [4.69, 9.17) is 17.3 Å². The number of urea groups is 1. The lowest BCUT2D eigenvalue weighted by Gasteiger charge is -2.37. The van der Waals surface area contributed by atoms with Gasteiger partial charge < -0.3 is 26.2 Å². The van der Waals surface area contributed by atoms with Crippen molar-refractivity contribution < 1.29 is 18.7 Å². The number of amides is 3. The van der Waals surface area contributed by atoms with Crippen molar-refractivity contribution in [3.05, 3.63) is 29.3 Å². The molecule has 1 atom stereocenters. The maximum Gasteiger partial charge on any atom is 0.318 e. The number of rotatable bonds is 2. The number of anilines is 2. The number of piperazine rings is 1. The van der Waals surface area contributed by atoms with Gasteiger partial charge in [0.2, 0.25) is 5.91 Å². The third-order valence-corrected chi connectivity index (χ3v) is 7.41. The molecule has 2 saturated heterocycles. The lowest BCUT2D eigenvalue weighted by Crippen LogP contribution is -2.56. The highest BCUT2D eigenvalue weighted by molar-refractivity contribution is 8.24. The minimum absolute atomic E-state index is 0.0953. The van der Waals surface area contributed by atoms with Gasteiger partial charge >= 0.3 is 6.03 Å². The van der Waals surface area contributed by atoms with Crippen LogP contribution in [0.25, 0.3) is 10.9 Å². The quantitative estimate of drug-likeness (QED) is 0.449. The number of nitrogens with zero attached hydrogens (tertiary/aromatic N) is 3. The lowest BCUT2D eigenvalue weighted by atomic mass is 10.1. The first kappa shape index (κ1) is 21.8. The van der Waals surface area contributed by atoms with E-state index in [2.05, 4.69) is 20.5 Å². The van der Waals surface area contributed by atoms with E-state index in [9.17, 15) is 18.7 Å². The number of hydrogen-bond acceptors (Lipinski definition) is 7. The molecule has 0 bridgehead atoms. The van der Waals surface area contributed by atoms with Crippen molar-refractivity contribution in [1.82, 2.24) is 20.5 Å². The Hall–Kier alpha value is -2.47. The molecule has 0 radical (unpaired) electrons. The molecule has 168 valence electrons. The maximum atomic E-state index is 12.7. The molecule has 0 aliphatic carbocycles. The van der Waals surface area contributed by atoms with E-state index in [1.165, 1.54) is 0 Å². The predicted molar refractivity (Wildman–Crippen MR) is 123 cm³/mol. The summed E-state index contributed by atoms with van der Waals surface area (Å²) in [4.78, 5) is 32.9. The summed E-state index contributed by atoms with van der Waals surface area (Å²) in [5.41, 5.74) is 7.61. The summed E-state index contributed by atoms with van der Waals surface area (Å²) in [6.45, 7) is 2.20. The molecule has 10 nitrogen and oxygen atoms in total. The molecule has 4 rings (SSSR count). The molecule has 0 saturated carbocycles. The summed E-state index contributed by atoms with van der Waals surface area (Å²) in [6.07, 6.45) is 0. The zero-order valence-electron chi connectivity index (χ0n) is 16.8. The summed E-state index contributed by atoms with van der Waals surface area (Å²) in [7, 11) is -2.90. The molecule has 31 heavy (non-hydrogen) atoms. The predicted octanol–water partition coefficient (Wildman–Crippen LogP) is 1.55. The van der Waals surface area contributed by atoms with Gasteiger partial charge in [-0.2, -0.15) is 10.6 Å². The monoisotopic (exact) mass is 468 g/mol. The molecule has 2 aliphatic rings. The summed E-state index contributed by atoms with van der Waals surface area (Å²) < 4.78 is 20.0. The normalized spacial score (nSPS) is 22.5. The van der Waals surface area contributed by atoms with E-state index < -0.39 is 28.6 Å². The SMILES string of the molecule is Nc1cc(N2CCN(C(=O)NC3CS(O)(O)CCNC3=O)CC2)c2ccc(Cl)cc2n1. The Morgan fingerprint density at radius 2 is 2.00 bits per heavy atom. The van der Waals surface area contributed by atoms with Crippen LogP contribution in [-0.2, 0) is 4.79 Å². The van der Waals surface area contributed by atoms with Gasteiger partial charge in [0.15, 0.2) is 0 Å². The van der Waals surface area contributed by atoms with Crippen LogP contribution in [-0.4, -0.2) is 81.2 Å². The van der Waals surface area contributed by atoms with E-state index in [1.54, 1.807) is 17.0 Å². The molecule has 2 aromatic rings. The van der Waals surface area contributed by atoms with Gasteiger partial charge in [0.25, 0.3) is 0 Å².